The van der Waals surface area contributed by atoms with Gasteiger partial charge in [0.05, 0.1) is 16.4 Å². The van der Waals surface area contributed by atoms with Crippen molar-refractivity contribution >= 4 is 29.2 Å². The second kappa shape index (κ2) is 7.44. The quantitative estimate of drug-likeness (QED) is 0.826. The molecule has 0 saturated heterocycles. The number of aromatic nitrogens is 1. The van der Waals surface area contributed by atoms with Crippen LogP contribution in [0.3, 0.4) is 0 Å². The number of nitrogens with one attached hydrogen (secondary N) is 1. The van der Waals surface area contributed by atoms with Gasteiger partial charge in [-0.3, -0.25) is 4.79 Å². The number of carbonyl (C=O) groups is 1. The van der Waals surface area contributed by atoms with Crippen LogP contribution in [-0.4, -0.2) is 16.1 Å². The van der Waals surface area contributed by atoms with E-state index in [9.17, 15) is 9.18 Å². The van der Waals surface area contributed by atoms with Crippen molar-refractivity contribution in [3.8, 4) is 12.1 Å². The Bertz CT molecular complexity index is 872. The van der Waals surface area contributed by atoms with Crippen LogP contribution in [0.25, 0.3) is 0 Å². The third-order valence-electron chi connectivity index (χ3n) is 3.01. The van der Waals surface area contributed by atoms with Crippen LogP contribution in [0.4, 0.5) is 15.9 Å². The molecule has 0 aliphatic heterocycles. The molecule has 2 aromatic rings. The molecular formula is C16H12FN5OS. The Morgan fingerprint density at radius 3 is 2.67 bits per heavy atom. The largest absolute Gasteiger partial charge is 0.383 e. The minimum absolute atomic E-state index is 0.00302. The first-order chi connectivity index (χ1) is 11.4. The van der Waals surface area contributed by atoms with E-state index in [0.29, 0.717) is 5.69 Å². The summed E-state index contributed by atoms with van der Waals surface area (Å²) in [5.74, 6) is -0.836. The fourth-order valence-electron chi connectivity index (χ4n) is 1.80. The molecular weight excluding hydrogens is 329 g/mol. The number of carbonyl (C=O) groups excluding carboxylic acids is 1. The van der Waals surface area contributed by atoms with Gasteiger partial charge in [-0.15, -0.1) is 0 Å². The number of halogens is 1. The fraction of sp³-hybridized carbons (Fsp3) is 0.125. The average molecular weight is 341 g/mol. The van der Waals surface area contributed by atoms with E-state index in [-0.39, 0.29) is 27.9 Å². The molecule has 0 aliphatic rings. The molecule has 0 unspecified atom stereocenters. The van der Waals surface area contributed by atoms with Crippen LogP contribution >= 0.6 is 11.8 Å². The standard InChI is InChI=1S/C16H12FN5OS/c1-9(15(23)21-13-4-2-3-12(17)6-13)24-16-11(8-19)5-10(7-18)14(20)22-16/h2-6,9H,1H3,(H2,20,22)(H,21,23)/t9-/m0/s1. The number of thioether (sulfide) groups is 1. The summed E-state index contributed by atoms with van der Waals surface area (Å²) in [5, 5.41) is 20.3. The van der Waals surface area contributed by atoms with Crippen LogP contribution in [0.5, 0.6) is 0 Å². The Balaban J connectivity index is 2.16. The smallest absolute Gasteiger partial charge is 0.237 e. The highest BCUT2D eigenvalue weighted by Crippen LogP contribution is 2.28. The maximum atomic E-state index is 13.1. The molecule has 1 amide bonds. The Hall–Kier alpha value is -3.10. The van der Waals surface area contributed by atoms with Gasteiger partial charge in [-0.05, 0) is 31.2 Å². The van der Waals surface area contributed by atoms with Crippen LogP contribution in [-0.2, 0) is 4.79 Å². The molecule has 0 aliphatic carbocycles. The highest BCUT2D eigenvalue weighted by molar-refractivity contribution is 8.00. The minimum Gasteiger partial charge on any atom is -0.383 e. The van der Waals surface area contributed by atoms with Gasteiger partial charge in [-0.1, -0.05) is 17.8 Å². The number of benzene rings is 1. The topological polar surface area (TPSA) is 116 Å². The molecule has 1 atom stereocenters. The highest BCUT2D eigenvalue weighted by atomic mass is 32.2. The molecule has 24 heavy (non-hydrogen) atoms. The number of anilines is 2. The van der Waals surface area contributed by atoms with Crippen molar-refractivity contribution in [1.29, 1.82) is 10.5 Å². The van der Waals surface area contributed by atoms with Gasteiger partial charge >= 0.3 is 0 Å². The van der Waals surface area contributed by atoms with Crippen molar-refractivity contribution in [3.63, 3.8) is 0 Å². The van der Waals surface area contributed by atoms with E-state index in [1.54, 1.807) is 13.0 Å². The molecule has 0 saturated carbocycles. The third kappa shape index (κ3) is 4.00. The zero-order valence-electron chi connectivity index (χ0n) is 12.6. The first-order valence-corrected chi connectivity index (χ1v) is 7.66. The summed E-state index contributed by atoms with van der Waals surface area (Å²) < 4.78 is 13.1. The van der Waals surface area contributed by atoms with Gasteiger partial charge < -0.3 is 11.1 Å². The first kappa shape index (κ1) is 17.3. The van der Waals surface area contributed by atoms with Crippen LogP contribution in [0.2, 0.25) is 0 Å². The highest BCUT2D eigenvalue weighted by Gasteiger charge is 2.19. The van der Waals surface area contributed by atoms with E-state index in [0.717, 1.165) is 11.8 Å². The number of nitrogen functional groups attached to an aromatic ring is 1. The molecule has 2 rings (SSSR count). The lowest BCUT2D eigenvalue weighted by atomic mass is 10.2. The third-order valence-corrected chi connectivity index (χ3v) is 4.11. The van der Waals surface area contributed by atoms with Gasteiger partial charge in [0.1, 0.15) is 28.8 Å². The molecule has 1 aromatic carbocycles. The first-order valence-electron chi connectivity index (χ1n) is 6.78. The van der Waals surface area contributed by atoms with Gasteiger partial charge in [0.25, 0.3) is 0 Å². The zero-order chi connectivity index (χ0) is 17.7. The second-order valence-corrected chi connectivity index (χ2v) is 6.09. The van der Waals surface area contributed by atoms with E-state index in [2.05, 4.69) is 10.3 Å². The number of amides is 1. The molecule has 0 radical (unpaired) electrons. The Kier molecular flexibility index (Phi) is 5.35. The second-order valence-electron chi connectivity index (χ2n) is 4.76. The van der Waals surface area contributed by atoms with Crippen LogP contribution in [0, 0.1) is 28.5 Å². The molecule has 0 spiro atoms. The van der Waals surface area contributed by atoms with Crippen LogP contribution in [0.15, 0.2) is 35.4 Å². The summed E-state index contributed by atoms with van der Waals surface area (Å²) in [6.45, 7) is 1.62. The number of hydrogen-bond donors (Lipinski definition) is 2. The van der Waals surface area contributed by atoms with Gasteiger partial charge in [-0.2, -0.15) is 10.5 Å². The molecule has 1 heterocycles. The monoisotopic (exact) mass is 341 g/mol. The average Bonchev–Trinajstić information content (AvgIpc) is 2.55. The summed E-state index contributed by atoms with van der Waals surface area (Å²) in [7, 11) is 0. The normalized spacial score (nSPS) is 11.2. The number of nitrogens with two attached hydrogens (primary N) is 1. The van der Waals surface area contributed by atoms with Crippen molar-refractivity contribution in [2.75, 3.05) is 11.1 Å². The summed E-state index contributed by atoms with van der Waals surface area (Å²) in [6.07, 6.45) is 0. The molecule has 0 fully saturated rings. The summed E-state index contributed by atoms with van der Waals surface area (Å²) in [5.41, 5.74) is 6.25. The van der Waals surface area contributed by atoms with Gasteiger partial charge in [0, 0.05) is 5.69 Å². The predicted octanol–water partition coefficient (Wildman–Crippen LogP) is 2.67. The lowest BCUT2D eigenvalue weighted by molar-refractivity contribution is -0.115. The van der Waals surface area contributed by atoms with E-state index in [4.69, 9.17) is 16.3 Å². The zero-order valence-corrected chi connectivity index (χ0v) is 13.4. The van der Waals surface area contributed by atoms with Gasteiger partial charge in [-0.25, -0.2) is 9.37 Å². The van der Waals surface area contributed by atoms with E-state index >= 15 is 0 Å². The van der Waals surface area contributed by atoms with Gasteiger partial charge in [0.15, 0.2) is 0 Å². The predicted molar refractivity (Wildman–Crippen MR) is 88.4 cm³/mol. The van der Waals surface area contributed by atoms with Crippen LogP contribution < -0.4 is 11.1 Å². The Morgan fingerprint density at radius 2 is 2.04 bits per heavy atom. The molecule has 6 nitrogen and oxygen atoms in total. The summed E-state index contributed by atoms with van der Waals surface area (Å²) in [4.78, 5) is 16.2. The minimum atomic E-state index is -0.611. The van der Waals surface area contributed by atoms with Crippen molar-refractivity contribution in [2.24, 2.45) is 0 Å². The lowest BCUT2D eigenvalue weighted by Crippen LogP contribution is -2.22. The van der Waals surface area contributed by atoms with Crippen LogP contribution in [0.1, 0.15) is 18.1 Å². The molecule has 1 aromatic heterocycles. The number of hydrogen-bond acceptors (Lipinski definition) is 6. The fourth-order valence-corrected chi connectivity index (χ4v) is 2.68. The molecule has 120 valence electrons. The molecule has 0 bridgehead atoms. The van der Waals surface area contributed by atoms with E-state index in [1.165, 1.54) is 24.3 Å². The summed E-state index contributed by atoms with van der Waals surface area (Å²) >= 11 is 1.03. The summed E-state index contributed by atoms with van der Waals surface area (Å²) in [6, 6.07) is 10.6. The van der Waals surface area contributed by atoms with E-state index < -0.39 is 11.1 Å². The number of nitriles is 2. The Morgan fingerprint density at radius 1 is 1.33 bits per heavy atom. The number of rotatable bonds is 4. The van der Waals surface area contributed by atoms with Crippen molar-refractivity contribution < 1.29 is 9.18 Å². The number of nitrogens with zero attached hydrogens (tertiary/aromatic N) is 3. The Labute approximate surface area is 142 Å². The van der Waals surface area contributed by atoms with Crippen molar-refractivity contribution in [1.82, 2.24) is 4.98 Å². The lowest BCUT2D eigenvalue weighted by Gasteiger charge is -2.13. The maximum absolute atomic E-state index is 13.1. The molecule has 3 N–H and O–H groups in total. The van der Waals surface area contributed by atoms with E-state index in [1.807, 2.05) is 12.1 Å². The van der Waals surface area contributed by atoms with Crippen molar-refractivity contribution in [3.05, 3.63) is 47.3 Å². The van der Waals surface area contributed by atoms with Gasteiger partial charge in [0.2, 0.25) is 5.91 Å². The maximum Gasteiger partial charge on any atom is 0.237 e. The number of pyridine rings is 1. The molecule has 8 heteroatoms. The SMILES string of the molecule is C[C@H](Sc1nc(N)c(C#N)cc1C#N)C(=O)Nc1cccc(F)c1. The van der Waals surface area contributed by atoms with Crippen molar-refractivity contribution in [2.45, 2.75) is 17.2 Å².